The number of aromatic nitrogens is 2. The van der Waals surface area contributed by atoms with Gasteiger partial charge in [0, 0.05) is 40.1 Å². The van der Waals surface area contributed by atoms with E-state index in [9.17, 15) is 17.9 Å². The van der Waals surface area contributed by atoms with Gasteiger partial charge in [-0.2, -0.15) is 0 Å². The van der Waals surface area contributed by atoms with E-state index in [-0.39, 0.29) is 15.6 Å². The maximum atomic E-state index is 14.9. The number of rotatable bonds is 6. The molecule has 0 aliphatic rings. The van der Waals surface area contributed by atoms with Crippen LogP contribution in [0.2, 0.25) is 5.02 Å². The highest BCUT2D eigenvalue weighted by Gasteiger charge is 2.23. The molecule has 4 rings (SSSR count). The number of hydrogen-bond acceptors (Lipinski definition) is 6. The van der Waals surface area contributed by atoms with Crippen molar-refractivity contribution in [2.24, 2.45) is 0 Å². The van der Waals surface area contributed by atoms with E-state index in [4.69, 9.17) is 11.6 Å². The highest BCUT2D eigenvalue weighted by atomic mass is 35.5. The monoisotopic (exact) mass is 475 g/mol. The predicted molar refractivity (Wildman–Crippen MR) is 118 cm³/mol. The molecule has 2 aromatic carbocycles. The highest BCUT2D eigenvalue weighted by Crippen LogP contribution is 2.35. The summed E-state index contributed by atoms with van der Waals surface area (Å²) in [5.41, 5.74) is 1.63. The second kappa shape index (κ2) is 8.72. The number of aliphatic hydroxyl groups excluding tert-OH is 1. The molecule has 0 spiro atoms. The molecule has 2 heterocycles. The van der Waals surface area contributed by atoms with Crippen molar-refractivity contribution in [1.29, 1.82) is 0 Å². The van der Waals surface area contributed by atoms with E-state index in [1.54, 1.807) is 48.1 Å². The van der Waals surface area contributed by atoms with Gasteiger partial charge in [-0.1, -0.05) is 29.8 Å². The first kappa shape index (κ1) is 21.4. The summed E-state index contributed by atoms with van der Waals surface area (Å²) in [5.74, 6) is -0.860. The van der Waals surface area contributed by atoms with Gasteiger partial charge >= 0.3 is 0 Å². The lowest BCUT2D eigenvalue weighted by Crippen LogP contribution is -2.14. The lowest BCUT2D eigenvalue weighted by Gasteiger charge is -2.18. The molecule has 1 atom stereocenters. The van der Waals surface area contributed by atoms with Gasteiger partial charge in [0.2, 0.25) is 0 Å². The molecule has 0 fully saturated rings. The zero-order valence-electron chi connectivity index (χ0n) is 15.7. The SMILES string of the molecule is O=S(=O)(Nc1nccs1)c1ccc(C(O)c2ccc(Cl)cc2-c2cccnc2)c(F)c1. The molecular formula is C21H15ClFN3O3S2. The number of benzene rings is 2. The Morgan fingerprint density at radius 3 is 2.58 bits per heavy atom. The van der Waals surface area contributed by atoms with Crippen LogP contribution in [-0.2, 0) is 10.0 Å². The molecule has 0 bridgehead atoms. The summed E-state index contributed by atoms with van der Waals surface area (Å²) in [7, 11) is -4.02. The van der Waals surface area contributed by atoms with Crippen molar-refractivity contribution in [1.82, 2.24) is 9.97 Å². The molecule has 6 nitrogen and oxygen atoms in total. The first-order chi connectivity index (χ1) is 14.8. The topological polar surface area (TPSA) is 92.2 Å². The lowest BCUT2D eigenvalue weighted by atomic mass is 9.93. The molecule has 10 heteroatoms. The molecule has 2 aromatic heterocycles. The van der Waals surface area contributed by atoms with Gasteiger partial charge in [-0.3, -0.25) is 9.71 Å². The van der Waals surface area contributed by atoms with Crippen LogP contribution in [-0.4, -0.2) is 23.5 Å². The van der Waals surface area contributed by atoms with Gasteiger partial charge in [0.15, 0.2) is 5.13 Å². The number of nitrogens with zero attached hydrogens (tertiary/aromatic N) is 2. The Labute approximate surface area is 187 Å². The molecule has 1 unspecified atom stereocenters. The number of sulfonamides is 1. The Morgan fingerprint density at radius 1 is 1.10 bits per heavy atom. The Bertz CT molecular complexity index is 1320. The molecule has 0 aliphatic heterocycles. The third-order valence-electron chi connectivity index (χ3n) is 4.51. The van der Waals surface area contributed by atoms with Crippen LogP contribution >= 0.6 is 22.9 Å². The van der Waals surface area contributed by atoms with Gasteiger partial charge in [0.05, 0.1) is 4.90 Å². The number of pyridine rings is 1. The first-order valence-electron chi connectivity index (χ1n) is 8.95. The number of nitrogens with one attached hydrogen (secondary N) is 1. The number of hydrogen-bond donors (Lipinski definition) is 2. The average molecular weight is 476 g/mol. The van der Waals surface area contributed by atoms with E-state index in [1.807, 2.05) is 0 Å². The molecule has 31 heavy (non-hydrogen) atoms. The van der Waals surface area contributed by atoms with Crippen molar-refractivity contribution < 1.29 is 17.9 Å². The van der Waals surface area contributed by atoms with E-state index < -0.39 is 21.9 Å². The molecule has 0 saturated carbocycles. The molecule has 158 valence electrons. The largest absolute Gasteiger partial charge is 0.384 e. The van der Waals surface area contributed by atoms with Gasteiger partial charge in [-0.05, 0) is 41.5 Å². The molecule has 0 radical (unpaired) electrons. The summed E-state index contributed by atoms with van der Waals surface area (Å²) < 4.78 is 42.2. The molecule has 0 saturated heterocycles. The number of thiazole rings is 1. The molecule has 4 aromatic rings. The number of halogens is 2. The molecule has 0 aliphatic carbocycles. The summed E-state index contributed by atoms with van der Waals surface area (Å²) in [6, 6.07) is 11.7. The van der Waals surface area contributed by atoms with E-state index in [0.29, 0.717) is 21.7 Å². The van der Waals surface area contributed by atoms with Crippen molar-refractivity contribution in [3.8, 4) is 11.1 Å². The minimum atomic E-state index is -4.02. The van der Waals surface area contributed by atoms with Crippen LogP contribution in [0.4, 0.5) is 9.52 Å². The fourth-order valence-corrected chi connectivity index (χ4v) is 5.02. The zero-order chi connectivity index (χ0) is 22.0. The van der Waals surface area contributed by atoms with Crippen molar-refractivity contribution in [2.75, 3.05) is 4.72 Å². The smallest absolute Gasteiger partial charge is 0.263 e. The number of aliphatic hydroxyl groups is 1. The van der Waals surface area contributed by atoms with Gasteiger partial charge in [0.1, 0.15) is 11.9 Å². The van der Waals surface area contributed by atoms with Crippen molar-refractivity contribution in [3.63, 3.8) is 0 Å². The van der Waals surface area contributed by atoms with Gasteiger partial charge in [-0.15, -0.1) is 11.3 Å². The standard InChI is InChI=1S/C21H15ClFN3O3S2/c22-14-3-5-16(18(10-14)13-2-1-7-24-12-13)20(27)17-6-4-15(11-19(17)23)31(28,29)26-21-25-8-9-30-21/h1-12,20,27H,(H,25,26). The van der Waals surface area contributed by atoms with Crippen molar-refractivity contribution >= 4 is 38.1 Å². The van der Waals surface area contributed by atoms with Crippen molar-refractivity contribution in [2.45, 2.75) is 11.0 Å². The zero-order valence-corrected chi connectivity index (χ0v) is 18.1. The molecule has 0 amide bonds. The van der Waals surface area contributed by atoms with E-state index in [2.05, 4.69) is 14.7 Å². The molecule has 2 N–H and O–H groups in total. The summed E-state index contributed by atoms with van der Waals surface area (Å²) in [5, 5.41) is 13.2. The maximum absolute atomic E-state index is 14.9. The van der Waals surface area contributed by atoms with Crippen LogP contribution in [0.5, 0.6) is 0 Å². The number of anilines is 1. The highest BCUT2D eigenvalue weighted by molar-refractivity contribution is 7.93. The lowest BCUT2D eigenvalue weighted by molar-refractivity contribution is 0.215. The van der Waals surface area contributed by atoms with Gasteiger partial charge in [-0.25, -0.2) is 17.8 Å². The quantitative estimate of drug-likeness (QED) is 0.414. The summed E-state index contributed by atoms with van der Waals surface area (Å²) in [4.78, 5) is 7.65. The first-order valence-corrected chi connectivity index (χ1v) is 11.7. The normalized spacial score (nSPS) is 12.5. The van der Waals surface area contributed by atoms with Crippen LogP contribution in [0.25, 0.3) is 11.1 Å². The maximum Gasteiger partial charge on any atom is 0.263 e. The molecular weight excluding hydrogens is 461 g/mol. The Balaban J connectivity index is 1.70. The minimum absolute atomic E-state index is 0.0688. The van der Waals surface area contributed by atoms with E-state index in [0.717, 1.165) is 17.4 Å². The third kappa shape index (κ3) is 4.59. The van der Waals surface area contributed by atoms with Crippen molar-refractivity contribution in [3.05, 3.63) is 94.5 Å². The fourth-order valence-electron chi connectivity index (χ4n) is 3.05. The second-order valence-electron chi connectivity index (χ2n) is 6.50. The fraction of sp³-hybridized carbons (Fsp3) is 0.0476. The van der Waals surface area contributed by atoms with E-state index >= 15 is 0 Å². The van der Waals surface area contributed by atoms with Crippen LogP contribution in [0.3, 0.4) is 0 Å². The van der Waals surface area contributed by atoms with Gasteiger partial charge in [0.25, 0.3) is 10.0 Å². The average Bonchev–Trinajstić information content (AvgIpc) is 3.26. The summed E-state index contributed by atoms with van der Waals surface area (Å²) in [6.07, 6.45) is 3.33. The van der Waals surface area contributed by atoms with E-state index in [1.165, 1.54) is 18.3 Å². The second-order valence-corrected chi connectivity index (χ2v) is 9.52. The predicted octanol–water partition coefficient (Wildman–Crippen LogP) is 4.88. The van der Waals surface area contributed by atoms with Crippen LogP contribution in [0.15, 0.2) is 77.4 Å². The summed E-state index contributed by atoms with van der Waals surface area (Å²) >= 11 is 7.23. The van der Waals surface area contributed by atoms with Crippen LogP contribution in [0.1, 0.15) is 17.2 Å². The Morgan fingerprint density at radius 2 is 1.90 bits per heavy atom. The van der Waals surface area contributed by atoms with Crippen LogP contribution < -0.4 is 4.72 Å². The third-order valence-corrected chi connectivity index (χ3v) is 6.90. The van der Waals surface area contributed by atoms with Gasteiger partial charge < -0.3 is 5.11 Å². The summed E-state index contributed by atoms with van der Waals surface area (Å²) in [6.45, 7) is 0. The minimum Gasteiger partial charge on any atom is -0.384 e. The van der Waals surface area contributed by atoms with Crippen LogP contribution in [0, 0.1) is 5.82 Å². The Hall–Kier alpha value is -2.85. The Kier molecular flexibility index (Phi) is 6.01.